The molecule has 0 aromatic heterocycles. The van der Waals surface area contributed by atoms with Crippen LogP contribution in [0.2, 0.25) is 0 Å². The molecule has 1 aliphatic rings. The first-order valence-corrected chi connectivity index (χ1v) is 10.4. The highest BCUT2D eigenvalue weighted by Crippen LogP contribution is 2.23. The maximum absolute atomic E-state index is 12.2. The number of carbonyl (C=O) groups excluding carboxylic acids is 1. The van der Waals surface area contributed by atoms with Crippen molar-refractivity contribution >= 4 is 5.78 Å². The molecule has 0 spiro atoms. The zero-order valence-corrected chi connectivity index (χ0v) is 17.1. The zero-order valence-electron chi connectivity index (χ0n) is 17.1. The van der Waals surface area contributed by atoms with Gasteiger partial charge < -0.3 is 11.1 Å². The summed E-state index contributed by atoms with van der Waals surface area (Å²) in [6.45, 7) is 12.5. The van der Waals surface area contributed by atoms with E-state index >= 15 is 0 Å². The van der Waals surface area contributed by atoms with Crippen molar-refractivity contribution in [3.05, 3.63) is 0 Å². The first-order chi connectivity index (χ1) is 11.4. The molecule has 3 N–H and O–H groups in total. The number of ketones is 1. The van der Waals surface area contributed by atoms with Gasteiger partial charge in [0.15, 0.2) is 5.78 Å². The predicted molar refractivity (Wildman–Crippen MR) is 106 cm³/mol. The van der Waals surface area contributed by atoms with Gasteiger partial charge in [0.1, 0.15) is 0 Å². The summed E-state index contributed by atoms with van der Waals surface area (Å²) < 4.78 is 0. The molecule has 1 fully saturated rings. The van der Waals surface area contributed by atoms with E-state index in [0.717, 1.165) is 51.1 Å². The van der Waals surface area contributed by atoms with Crippen molar-refractivity contribution in [1.82, 2.24) is 5.32 Å². The number of Topliss-reactive ketones (excluding diaryl/α,β-unsaturated/α-hetero) is 1. The second-order valence-electron chi connectivity index (χ2n) is 8.09. The van der Waals surface area contributed by atoms with Crippen LogP contribution >= 0.6 is 0 Å². The summed E-state index contributed by atoms with van der Waals surface area (Å²) in [5.41, 5.74) is 5.47. The Kier molecular flexibility index (Phi) is 14.6. The average molecular weight is 341 g/mol. The van der Waals surface area contributed by atoms with Gasteiger partial charge in [-0.2, -0.15) is 0 Å². The van der Waals surface area contributed by atoms with Gasteiger partial charge in [0.25, 0.3) is 0 Å². The normalized spacial score (nSPS) is 17.5. The Balaban J connectivity index is 0.000000728. The molecule has 0 bridgehead atoms. The fraction of sp³-hybridized carbons (Fsp3) is 0.952. The van der Waals surface area contributed by atoms with E-state index in [4.69, 9.17) is 5.73 Å². The molecule has 0 saturated heterocycles. The van der Waals surface area contributed by atoms with Gasteiger partial charge in [-0.3, -0.25) is 4.79 Å². The highest BCUT2D eigenvalue weighted by Gasteiger charge is 2.22. The largest absolute Gasteiger partial charge is 0.330 e. The second-order valence-corrected chi connectivity index (χ2v) is 8.09. The monoisotopic (exact) mass is 340 g/mol. The summed E-state index contributed by atoms with van der Waals surface area (Å²) in [5, 5.41) is 3.43. The van der Waals surface area contributed by atoms with Gasteiger partial charge >= 0.3 is 0 Å². The molecule has 0 heterocycles. The molecular weight excluding hydrogens is 296 g/mol. The molecular formula is C21H44N2O. The van der Waals surface area contributed by atoms with E-state index in [1.54, 1.807) is 0 Å². The van der Waals surface area contributed by atoms with Crippen LogP contribution < -0.4 is 11.1 Å². The molecule has 1 aliphatic carbocycles. The third kappa shape index (κ3) is 12.0. The van der Waals surface area contributed by atoms with Crippen molar-refractivity contribution in [3.63, 3.8) is 0 Å². The summed E-state index contributed by atoms with van der Waals surface area (Å²) in [6.07, 6.45) is 11.2. The van der Waals surface area contributed by atoms with Gasteiger partial charge in [0.2, 0.25) is 0 Å². The van der Waals surface area contributed by atoms with Crippen LogP contribution in [-0.2, 0) is 4.79 Å². The van der Waals surface area contributed by atoms with E-state index in [1.165, 1.54) is 25.7 Å². The summed E-state index contributed by atoms with van der Waals surface area (Å²) in [4.78, 5) is 12.2. The molecule has 24 heavy (non-hydrogen) atoms. The smallest absolute Gasteiger partial charge is 0.152 e. The average Bonchev–Trinajstić information content (AvgIpc) is 3.03. The van der Waals surface area contributed by atoms with Crippen molar-refractivity contribution in [2.24, 2.45) is 23.5 Å². The number of nitrogens with one attached hydrogen (secondary N) is 1. The molecule has 0 radical (unpaired) electrons. The van der Waals surface area contributed by atoms with Gasteiger partial charge in [-0.1, -0.05) is 66.7 Å². The Labute approximate surface area is 151 Å². The Bertz CT molecular complexity index is 298. The molecule has 0 aromatic rings. The lowest BCUT2D eigenvalue weighted by Gasteiger charge is -2.22. The summed E-state index contributed by atoms with van der Waals surface area (Å²) >= 11 is 0. The van der Waals surface area contributed by atoms with Gasteiger partial charge in [-0.05, 0) is 50.6 Å². The Morgan fingerprint density at radius 1 is 1.12 bits per heavy atom. The van der Waals surface area contributed by atoms with Gasteiger partial charge in [-0.15, -0.1) is 0 Å². The SMILES string of the molecule is CC1CCCC1.CCC(C)C(=O)C(CC(C)C)NCCCCCN. The topological polar surface area (TPSA) is 55.1 Å². The second kappa shape index (κ2) is 14.9. The maximum Gasteiger partial charge on any atom is 0.152 e. The van der Waals surface area contributed by atoms with E-state index in [9.17, 15) is 4.79 Å². The third-order valence-corrected chi connectivity index (χ3v) is 5.06. The van der Waals surface area contributed by atoms with E-state index in [1.807, 2.05) is 6.92 Å². The molecule has 0 aliphatic heterocycles. The molecule has 1 rings (SSSR count). The summed E-state index contributed by atoms with van der Waals surface area (Å²) in [7, 11) is 0. The van der Waals surface area contributed by atoms with Crippen molar-refractivity contribution in [2.45, 2.75) is 98.4 Å². The van der Waals surface area contributed by atoms with Crippen LogP contribution in [-0.4, -0.2) is 24.9 Å². The number of hydrogen-bond acceptors (Lipinski definition) is 3. The minimum Gasteiger partial charge on any atom is -0.330 e. The molecule has 144 valence electrons. The van der Waals surface area contributed by atoms with Crippen LogP contribution in [0, 0.1) is 17.8 Å². The van der Waals surface area contributed by atoms with E-state index in [2.05, 4.69) is 33.0 Å². The highest BCUT2D eigenvalue weighted by molar-refractivity contribution is 5.85. The van der Waals surface area contributed by atoms with Crippen LogP contribution in [0.5, 0.6) is 0 Å². The summed E-state index contributed by atoms with van der Waals surface area (Å²) in [6, 6.07) is 0.0397. The zero-order chi connectivity index (χ0) is 18.4. The fourth-order valence-corrected chi connectivity index (χ4v) is 3.17. The van der Waals surface area contributed by atoms with E-state index in [0.29, 0.717) is 11.7 Å². The lowest BCUT2D eigenvalue weighted by atomic mass is 9.92. The van der Waals surface area contributed by atoms with Gasteiger partial charge in [0.05, 0.1) is 6.04 Å². The van der Waals surface area contributed by atoms with Crippen LogP contribution in [0.3, 0.4) is 0 Å². The Hall–Kier alpha value is -0.410. The highest BCUT2D eigenvalue weighted by atomic mass is 16.1. The predicted octanol–water partition coefficient (Wildman–Crippen LogP) is 4.93. The number of carbonyl (C=O) groups is 1. The summed E-state index contributed by atoms with van der Waals surface area (Å²) in [5.74, 6) is 2.15. The molecule has 3 heteroatoms. The number of hydrogen-bond donors (Lipinski definition) is 2. The van der Waals surface area contributed by atoms with Crippen LogP contribution in [0.1, 0.15) is 92.4 Å². The first kappa shape index (κ1) is 23.6. The third-order valence-electron chi connectivity index (χ3n) is 5.06. The van der Waals surface area contributed by atoms with Crippen LogP contribution in [0.15, 0.2) is 0 Å². The maximum atomic E-state index is 12.2. The number of unbranched alkanes of at least 4 members (excludes halogenated alkanes) is 2. The van der Waals surface area contributed by atoms with E-state index < -0.39 is 0 Å². The molecule has 2 unspecified atom stereocenters. The Morgan fingerprint density at radius 2 is 1.75 bits per heavy atom. The van der Waals surface area contributed by atoms with Crippen LogP contribution in [0.4, 0.5) is 0 Å². The Morgan fingerprint density at radius 3 is 2.17 bits per heavy atom. The number of rotatable bonds is 11. The lowest BCUT2D eigenvalue weighted by molar-refractivity contribution is -0.124. The van der Waals surface area contributed by atoms with Crippen molar-refractivity contribution in [2.75, 3.05) is 13.1 Å². The van der Waals surface area contributed by atoms with Gasteiger partial charge in [-0.25, -0.2) is 0 Å². The molecule has 0 amide bonds. The molecule has 3 nitrogen and oxygen atoms in total. The van der Waals surface area contributed by atoms with Crippen molar-refractivity contribution in [1.29, 1.82) is 0 Å². The standard InChI is InChI=1S/C15H32N2O.C6H12/c1-5-13(4)15(18)14(11-12(2)3)17-10-8-6-7-9-16;1-6-4-2-3-5-6/h12-14,17H,5-11,16H2,1-4H3;6H,2-5H2,1H3. The minimum atomic E-state index is 0.0397. The molecule has 2 atom stereocenters. The lowest BCUT2D eigenvalue weighted by Crippen LogP contribution is -2.41. The van der Waals surface area contributed by atoms with E-state index in [-0.39, 0.29) is 12.0 Å². The minimum absolute atomic E-state index is 0.0397. The van der Waals surface area contributed by atoms with Gasteiger partial charge in [0, 0.05) is 5.92 Å². The molecule has 1 saturated carbocycles. The van der Waals surface area contributed by atoms with Crippen molar-refractivity contribution < 1.29 is 4.79 Å². The van der Waals surface area contributed by atoms with Crippen molar-refractivity contribution in [3.8, 4) is 0 Å². The quantitative estimate of drug-likeness (QED) is 0.524. The molecule has 0 aromatic carbocycles. The fourth-order valence-electron chi connectivity index (χ4n) is 3.17. The first-order valence-electron chi connectivity index (χ1n) is 10.4. The van der Waals surface area contributed by atoms with Crippen LogP contribution in [0.25, 0.3) is 0 Å². The number of nitrogens with two attached hydrogens (primary N) is 1.